The number of piperazine rings is 1. The Labute approximate surface area is 129 Å². The van der Waals surface area contributed by atoms with Crippen LogP contribution in [-0.4, -0.2) is 49.3 Å². The predicted molar refractivity (Wildman–Crippen MR) is 88.7 cm³/mol. The Morgan fingerprint density at radius 1 is 1.29 bits per heavy atom. The molecule has 0 bridgehead atoms. The van der Waals surface area contributed by atoms with E-state index in [0.29, 0.717) is 12.1 Å². The van der Waals surface area contributed by atoms with Crippen LogP contribution < -0.4 is 5.32 Å². The number of nitrogens with one attached hydrogen (secondary N) is 1. The van der Waals surface area contributed by atoms with Crippen molar-refractivity contribution in [2.24, 2.45) is 0 Å². The summed E-state index contributed by atoms with van der Waals surface area (Å²) in [6.07, 6.45) is 2.18. The molecule has 0 saturated carbocycles. The Morgan fingerprint density at radius 3 is 2.67 bits per heavy atom. The van der Waals surface area contributed by atoms with Gasteiger partial charge in [-0.05, 0) is 39.2 Å². The predicted octanol–water partition coefficient (Wildman–Crippen LogP) is 2.71. The fraction of sp³-hybridized carbons (Fsp3) is 0.667. The van der Waals surface area contributed by atoms with E-state index in [1.807, 2.05) is 0 Å². The molecular weight excluding hydrogens is 260 g/mol. The van der Waals surface area contributed by atoms with Crippen LogP contribution >= 0.6 is 0 Å². The van der Waals surface area contributed by atoms with Gasteiger partial charge in [-0.3, -0.25) is 4.90 Å². The SMILES string of the molecule is COC(C)(C)CCN1CC(Cc2ccccc2)NCC1C. The fourth-order valence-corrected chi connectivity index (χ4v) is 2.86. The molecule has 1 aliphatic rings. The quantitative estimate of drug-likeness (QED) is 0.872. The zero-order valence-corrected chi connectivity index (χ0v) is 13.9. The van der Waals surface area contributed by atoms with Crippen LogP contribution in [0.1, 0.15) is 32.8 Å². The smallest absolute Gasteiger partial charge is 0.0634 e. The van der Waals surface area contributed by atoms with Gasteiger partial charge < -0.3 is 10.1 Å². The maximum atomic E-state index is 5.54. The molecule has 1 aromatic rings. The molecule has 0 spiro atoms. The van der Waals surface area contributed by atoms with Crippen molar-refractivity contribution in [1.29, 1.82) is 0 Å². The standard InChI is InChI=1S/C18H30N2O/c1-15-13-19-17(12-16-8-6-5-7-9-16)14-20(15)11-10-18(2,3)21-4/h5-9,15,17,19H,10-14H2,1-4H3. The first-order chi connectivity index (χ1) is 10.00. The number of rotatable bonds is 6. The lowest BCUT2D eigenvalue weighted by Gasteiger charge is -2.40. The number of benzene rings is 1. The summed E-state index contributed by atoms with van der Waals surface area (Å²) in [6, 6.07) is 11.9. The molecule has 1 heterocycles. The summed E-state index contributed by atoms with van der Waals surface area (Å²) in [7, 11) is 1.80. The Balaban J connectivity index is 1.87. The van der Waals surface area contributed by atoms with Gasteiger partial charge in [0.05, 0.1) is 5.60 Å². The van der Waals surface area contributed by atoms with E-state index in [1.165, 1.54) is 5.56 Å². The minimum absolute atomic E-state index is 0.0283. The minimum atomic E-state index is -0.0283. The van der Waals surface area contributed by atoms with Gasteiger partial charge in [0.2, 0.25) is 0 Å². The lowest BCUT2D eigenvalue weighted by atomic mass is 10.00. The van der Waals surface area contributed by atoms with Crippen molar-refractivity contribution in [3.05, 3.63) is 35.9 Å². The number of hydrogen-bond acceptors (Lipinski definition) is 3. The van der Waals surface area contributed by atoms with Gasteiger partial charge in [-0.1, -0.05) is 30.3 Å². The molecule has 1 N–H and O–H groups in total. The maximum Gasteiger partial charge on any atom is 0.0634 e. The van der Waals surface area contributed by atoms with E-state index in [4.69, 9.17) is 4.74 Å². The molecular formula is C18H30N2O. The second-order valence-corrected chi connectivity index (χ2v) is 6.85. The molecule has 0 amide bonds. The van der Waals surface area contributed by atoms with Crippen molar-refractivity contribution in [1.82, 2.24) is 10.2 Å². The van der Waals surface area contributed by atoms with Crippen LogP contribution in [0.15, 0.2) is 30.3 Å². The summed E-state index contributed by atoms with van der Waals surface area (Å²) >= 11 is 0. The lowest BCUT2D eigenvalue weighted by Crippen LogP contribution is -2.56. The second kappa shape index (κ2) is 7.39. The molecule has 2 atom stereocenters. The van der Waals surface area contributed by atoms with Crippen molar-refractivity contribution >= 4 is 0 Å². The molecule has 3 heteroatoms. The summed E-state index contributed by atoms with van der Waals surface area (Å²) in [6.45, 7) is 9.95. The first kappa shape index (κ1) is 16.5. The molecule has 3 nitrogen and oxygen atoms in total. The van der Waals surface area contributed by atoms with Crippen LogP contribution in [0.3, 0.4) is 0 Å². The second-order valence-electron chi connectivity index (χ2n) is 6.85. The zero-order valence-electron chi connectivity index (χ0n) is 13.9. The monoisotopic (exact) mass is 290 g/mol. The first-order valence-corrected chi connectivity index (χ1v) is 8.07. The fourth-order valence-electron chi connectivity index (χ4n) is 2.86. The lowest BCUT2D eigenvalue weighted by molar-refractivity contribution is 0.000861. The highest BCUT2D eigenvalue weighted by Crippen LogP contribution is 2.17. The molecule has 1 fully saturated rings. The molecule has 2 rings (SSSR count). The largest absolute Gasteiger partial charge is 0.379 e. The van der Waals surface area contributed by atoms with Crippen molar-refractivity contribution in [3.63, 3.8) is 0 Å². The highest BCUT2D eigenvalue weighted by Gasteiger charge is 2.26. The normalized spacial score (nSPS) is 24.2. The van der Waals surface area contributed by atoms with Gasteiger partial charge in [0.15, 0.2) is 0 Å². The molecule has 118 valence electrons. The van der Waals surface area contributed by atoms with Crippen LogP contribution in [0.4, 0.5) is 0 Å². The van der Waals surface area contributed by atoms with E-state index < -0.39 is 0 Å². The van der Waals surface area contributed by atoms with Crippen LogP contribution in [0.5, 0.6) is 0 Å². The summed E-state index contributed by atoms with van der Waals surface area (Å²) in [4.78, 5) is 2.60. The van der Waals surface area contributed by atoms with Crippen molar-refractivity contribution in [3.8, 4) is 0 Å². The third kappa shape index (κ3) is 5.10. The Bertz CT molecular complexity index is 418. The van der Waals surface area contributed by atoms with Crippen LogP contribution in [0, 0.1) is 0 Å². The van der Waals surface area contributed by atoms with E-state index in [1.54, 1.807) is 7.11 Å². The molecule has 1 aliphatic heterocycles. The number of hydrogen-bond donors (Lipinski definition) is 1. The van der Waals surface area contributed by atoms with Gasteiger partial charge in [0, 0.05) is 38.8 Å². The number of methoxy groups -OCH3 is 1. The van der Waals surface area contributed by atoms with E-state index >= 15 is 0 Å². The van der Waals surface area contributed by atoms with E-state index in [0.717, 1.165) is 32.5 Å². The third-order valence-electron chi connectivity index (χ3n) is 4.66. The molecule has 21 heavy (non-hydrogen) atoms. The van der Waals surface area contributed by atoms with Crippen molar-refractivity contribution in [2.75, 3.05) is 26.7 Å². The highest BCUT2D eigenvalue weighted by atomic mass is 16.5. The molecule has 0 aromatic heterocycles. The van der Waals surface area contributed by atoms with Crippen molar-refractivity contribution < 1.29 is 4.74 Å². The van der Waals surface area contributed by atoms with Gasteiger partial charge in [-0.2, -0.15) is 0 Å². The Hall–Kier alpha value is -0.900. The van der Waals surface area contributed by atoms with E-state index in [9.17, 15) is 0 Å². The minimum Gasteiger partial charge on any atom is -0.379 e. The number of ether oxygens (including phenoxy) is 1. The average molecular weight is 290 g/mol. The molecule has 0 aliphatic carbocycles. The average Bonchev–Trinajstić information content (AvgIpc) is 2.49. The van der Waals surface area contributed by atoms with Gasteiger partial charge in [0.25, 0.3) is 0 Å². The topological polar surface area (TPSA) is 24.5 Å². The Morgan fingerprint density at radius 2 is 2.00 bits per heavy atom. The van der Waals surface area contributed by atoms with Gasteiger partial charge in [-0.15, -0.1) is 0 Å². The Kier molecular flexibility index (Phi) is 5.80. The summed E-state index contributed by atoms with van der Waals surface area (Å²) in [5.41, 5.74) is 1.39. The zero-order chi connectivity index (χ0) is 15.3. The summed E-state index contributed by atoms with van der Waals surface area (Å²) in [5, 5.41) is 3.69. The van der Waals surface area contributed by atoms with Crippen LogP contribution in [0.25, 0.3) is 0 Å². The van der Waals surface area contributed by atoms with Gasteiger partial charge in [-0.25, -0.2) is 0 Å². The summed E-state index contributed by atoms with van der Waals surface area (Å²) in [5.74, 6) is 0. The molecule has 2 unspecified atom stereocenters. The van der Waals surface area contributed by atoms with E-state index in [2.05, 4.69) is 61.3 Å². The molecule has 1 aromatic carbocycles. The van der Waals surface area contributed by atoms with Crippen molar-refractivity contribution in [2.45, 2.75) is 51.3 Å². The third-order valence-corrected chi connectivity index (χ3v) is 4.66. The highest BCUT2D eigenvalue weighted by molar-refractivity contribution is 5.16. The summed E-state index contributed by atoms with van der Waals surface area (Å²) < 4.78 is 5.54. The van der Waals surface area contributed by atoms with Gasteiger partial charge >= 0.3 is 0 Å². The van der Waals surface area contributed by atoms with E-state index in [-0.39, 0.29) is 5.60 Å². The van der Waals surface area contributed by atoms with Crippen LogP contribution in [-0.2, 0) is 11.2 Å². The first-order valence-electron chi connectivity index (χ1n) is 8.07. The maximum absolute atomic E-state index is 5.54. The molecule has 1 saturated heterocycles. The van der Waals surface area contributed by atoms with Crippen LogP contribution in [0.2, 0.25) is 0 Å². The molecule has 0 radical (unpaired) electrons. The number of nitrogens with zero attached hydrogens (tertiary/aromatic N) is 1. The van der Waals surface area contributed by atoms with Gasteiger partial charge in [0.1, 0.15) is 0 Å².